The quantitative estimate of drug-likeness (QED) is 0.582. The minimum absolute atomic E-state index is 0.0151. The average Bonchev–Trinajstić information content (AvgIpc) is 1.95. The number of carbonyl (C=O) groups is 1. The minimum Gasteiger partial charge on any atom is -0.468 e. The summed E-state index contributed by atoms with van der Waals surface area (Å²) in [6.07, 6.45) is 2.36. The van der Waals surface area contributed by atoms with Crippen LogP contribution in [0.15, 0.2) is 0 Å². The Morgan fingerprint density at radius 1 is 1.58 bits per heavy atom. The molecule has 2 aliphatic rings. The molecular weight excluding hydrogens is 154 g/mol. The highest BCUT2D eigenvalue weighted by molar-refractivity contribution is 5.78. The van der Waals surface area contributed by atoms with Gasteiger partial charge in [0.15, 0.2) is 0 Å². The molecule has 0 bridgehead atoms. The van der Waals surface area contributed by atoms with Gasteiger partial charge in [-0.2, -0.15) is 0 Å². The summed E-state index contributed by atoms with van der Waals surface area (Å²) in [5.74, 6) is 0.701. The molecule has 1 N–H and O–H groups in total. The van der Waals surface area contributed by atoms with E-state index in [1.165, 1.54) is 20.0 Å². The molecule has 2 fully saturated rings. The van der Waals surface area contributed by atoms with Crippen LogP contribution in [-0.2, 0) is 9.53 Å². The van der Waals surface area contributed by atoms with E-state index in [1.54, 1.807) is 0 Å². The van der Waals surface area contributed by atoms with Gasteiger partial charge in [-0.25, -0.2) is 0 Å². The molecule has 0 aromatic carbocycles. The van der Waals surface area contributed by atoms with Gasteiger partial charge in [0.2, 0.25) is 0 Å². The summed E-state index contributed by atoms with van der Waals surface area (Å²) in [4.78, 5) is 11.2. The molecular formula is C9H15NO2. The number of esters is 1. The van der Waals surface area contributed by atoms with E-state index >= 15 is 0 Å². The van der Waals surface area contributed by atoms with E-state index in [4.69, 9.17) is 4.74 Å². The Morgan fingerprint density at radius 2 is 2.25 bits per heavy atom. The van der Waals surface area contributed by atoms with Crippen molar-refractivity contribution in [2.75, 3.05) is 13.7 Å². The zero-order chi connectivity index (χ0) is 8.77. The highest BCUT2D eigenvalue weighted by Gasteiger charge is 2.57. The van der Waals surface area contributed by atoms with E-state index in [0.717, 1.165) is 12.5 Å². The summed E-state index contributed by atoms with van der Waals surface area (Å²) >= 11 is 0. The van der Waals surface area contributed by atoms with E-state index < -0.39 is 0 Å². The second kappa shape index (κ2) is 2.46. The lowest BCUT2D eigenvalue weighted by Crippen LogP contribution is -2.70. The van der Waals surface area contributed by atoms with Gasteiger partial charge < -0.3 is 10.1 Å². The molecule has 12 heavy (non-hydrogen) atoms. The van der Waals surface area contributed by atoms with Crippen molar-refractivity contribution in [3.05, 3.63) is 0 Å². The molecule has 3 heteroatoms. The zero-order valence-electron chi connectivity index (χ0n) is 7.59. The van der Waals surface area contributed by atoms with Crippen molar-refractivity contribution in [1.29, 1.82) is 0 Å². The van der Waals surface area contributed by atoms with Gasteiger partial charge in [-0.05, 0) is 18.8 Å². The van der Waals surface area contributed by atoms with Crippen LogP contribution in [0.25, 0.3) is 0 Å². The normalized spacial score (nSPS) is 44.8. The lowest BCUT2D eigenvalue weighted by Gasteiger charge is -2.57. The third-order valence-electron chi connectivity index (χ3n) is 3.22. The van der Waals surface area contributed by atoms with Crippen LogP contribution in [0.1, 0.15) is 19.8 Å². The first kappa shape index (κ1) is 8.05. The lowest BCUT2D eigenvalue weighted by molar-refractivity contribution is -0.159. The van der Waals surface area contributed by atoms with Crippen LogP contribution in [0.4, 0.5) is 0 Å². The van der Waals surface area contributed by atoms with Crippen LogP contribution in [0, 0.1) is 11.3 Å². The maximum Gasteiger partial charge on any atom is 0.323 e. The van der Waals surface area contributed by atoms with Crippen molar-refractivity contribution in [3.63, 3.8) is 0 Å². The molecule has 1 heterocycles. The van der Waals surface area contributed by atoms with Crippen molar-refractivity contribution in [3.8, 4) is 0 Å². The fraction of sp³-hybridized carbons (Fsp3) is 0.889. The average molecular weight is 169 g/mol. The predicted octanol–water partition coefficient (Wildman–Crippen LogP) is 0.547. The van der Waals surface area contributed by atoms with Crippen LogP contribution < -0.4 is 5.32 Å². The number of rotatable bonds is 1. The molecule has 1 saturated carbocycles. The Hall–Kier alpha value is -0.570. The van der Waals surface area contributed by atoms with E-state index in [9.17, 15) is 4.79 Å². The summed E-state index contributed by atoms with van der Waals surface area (Å²) < 4.78 is 4.72. The topological polar surface area (TPSA) is 38.3 Å². The van der Waals surface area contributed by atoms with Crippen molar-refractivity contribution in [2.24, 2.45) is 11.3 Å². The number of hydrogen-bond acceptors (Lipinski definition) is 3. The van der Waals surface area contributed by atoms with E-state index in [0.29, 0.717) is 0 Å². The zero-order valence-corrected chi connectivity index (χ0v) is 7.59. The molecule has 2 rings (SSSR count). The first-order chi connectivity index (χ1) is 5.68. The Kier molecular flexibility index (Phi) is 1.65. The second-order valence-corrected chi connectivity index (χ2v) is 4.21. The Labute approximate surface area is 72.5 Å². The number of methoxy groups -OCH3 is 1. The van der Waals surface area contributed by atoms with Crippen LogP contribution in [0.5, 0.6) is 0 Å². The third kappa shape index (κ3) is 0.891. The van der Waals surface area contributed by atoms with E-state index in [-0.39, 0.29) is 17.4 Å². The van der Waals surface area contributed by atoms with Gasteiger partial charge >= 0.3 is 5.97 Å². The van der Waals surface area contributed by atoms with Gasteiger partial charge in [-0.15, -0.1) is 0 Å². The highest BCUT2D eigenvalue weighted by atomic mass is 16.5. The van der Waals surface area contributed by atoms with Crippen molar-refractivity contribution >= 4 is 5.97 Å². The fourth-order valence-corrected chi connectivity index (χ4v) is 2.65. The smallest absolute Gasteiger partial charge is 0.323 e. The summed E-state index contributed by atoms with van der Waals surface area (Å²) in [5, 5.41) is 3.13. The van der Waals surface area contributed by atoms with Gasteiger partial charge in [0.05, 0.1) is 7.11 Å². The Morgan fingerprint density at radius 3 is 2.58 bits per heavy atom. The van der Waals surface area contributed by atoms with Crippen LogP contribution in [-0.4, -0.2) is 25.7 Å². The summed E-state index contributed by atoms with van der Waals surface area (Å²) in [6, 6.07) is -0.0151. The van der Waals surface area contributed by atoms with E-state index in [1.807, 2.05) is 0 Å². The molecule has 0 aromatic heterocycles. The summed E-state index contributed by atoms with van der Waals surface area (Å²) in [7, 11) is 1.46. The van der Waals surface area contributed by atoms with Crippen LogP contribution in [0.2, 0.25) is 0 Å². The molecule has 1 atom stereocenters. The minimum atomic E-state index is -0.0897. The third-order valence-corrected chi connectivity index (χ3v) is 3.22. The Bertz CT molecular complexity index is 209. The molecule has 0 radical (unpaired) electrons. The van der Waals surface area contributed by atoms with Gasteiger partial charge in [-0.3, -0.25) is 4.79 Å². The number of carbonyl (C=O) groups excluding carboxylic acids is 1. The molecule has 1 aliphatic heterocycles. The largest absolute Gasteiger partial charge is 0.468 e. The molecule has 0 aromatic rings. The van der Waals surface area contributed by atoms with Gasteiger partial charge in [0, 0.05) is 12.0 Å². The van der Waals surface area contributed by atoms with Gasteiger partial charge in [0.25, 0.3) is 0 Å². The standard InChI is InChI=1S/C9H15NO2/c1-6-3-9(4-6)5-10-7(9)8(11)12-2/h6-7,10H,3-5H2,1-2H3/t6?,7-,9?/m0/s1. The molecule has 3 nitrogen and oxygen atoms in total. The maximum absolute atomic E-state index is 11.2. The number of hydrogen-bond donors (Lipinski definition) is 1. The first-order valence-electron chi connectivity index (χ1n) is 4.49. The Balaban J connectivity index is 1.98. The lowest BCUT2D eigenvalue weighted by atomic mass is 9.55. The second-order valence-electron chi connectivity index (χ2n) is 4.21. The summed E-state index contributed by atoms with van der Waals surface area (Å²) in [5.41, 5.74) is 0.270. The van der Waals surface area contributed by atoms with Gasteiger partial charge in [-0.1, -0.05) is 6.92 Å². The monoisotopic (exact) mass is 169 g/mol. The van der Waals surface area contributed by atoms with Crippen molar-refractivity contribution in [2.45, 2.75) is 25.8 Å². The molecule has 68 valence electrons. The summed E-state index contributed by atoms with van der Waals surface area (Å²) in [6.45, 7) is 3.23. The van der Waals surface area contributed by atoms with E-state index in [2.05, 4.69) is 12.2 Å². The molecule has 0 unspecified atom stereocenters. The van der Waals surface area contributed by atoms with Crippen molar-refractivity contribution < 1.29 is 9.53 Å². The molecule has 1 aliphatic carbocycles. The van der Waals surface area contributed by atoms with Gasteiger partial charge in [0.1, 0.15) is 6.04 Å². The number of ether oxygens (including phenoxy) is 1. The maximum atomic E-state index is 11.2. The van der Waals surface area contributed by atoms with Crippen LogP contribution in [0.3, 0.4) is 0 Å². The SMILES string of the molecule is COC(=O)[C@@H]1NCC12CC(C)C2. The molecule has 0 amide bonds. The van der Waals surface area contributed by atoms with Crippen molar-refractivity contribution in [1.82, 2.24) is 5.32 Å². The predicted molar refractivity (Wildman–Crippen MR) is 44.6 cm³/mol. The first-order valence-corrected chi connectivity index (χ1v) is 4.49. The fourth-order valence-electron chi connectivity index (χ4n) is 2.65. The number of nitrogens with one attached hydrogen (secondary N) is 1. The van der Waals surface area contributed by atoms with Crippen LogP contribution >= 0.6 is 0 Å². The molecule has 1 saturated heterocycles. The molecule has 1 spiro atoms. The highest BCUT2D eigenvalue weighted by Crippen LogP contribution is 2.51.